The second-order valence-electron chi connectivity index (χ2n) is 7.29. The van der Waals surface area contributed by atoms with Crippen LogP contribution in [0, 0.1) is 5.82 Å². The van der Waals surface area contributed by atoms with Crippen LogP contribution < -0.4 is 10.2 Å². The number of halogens is 1. The van der Waals surface area contributed by atoms with Gasteiger partial charge >= 0.3 is 0 Å². The van der Waals surface area contributed by atoms with Gasteiger partial charge in [-0.05, 0) is 43.9 Å². The molecule has 0 spiro atoms. The van der Waals surface area contributed by atoms with Crippen molar-refractivity contribution in [2.75, 3.05) is 34.3 Å². The summed E-state index contributed by atoms with van der Waals surface area (Å²) < 4.78 is 24.6. The van der Waals surface area contributed by atoms with Gasteiger partial charge in [0, 0.05) is 19.2 Å². The Balaban J connectivity index is 1.92. The number of benzene rings is 2. The molecule has 7 heteroatoms. The molecule has 0 unspecified atom stereocenters. The zero-order chi connectivity index (χ0) is 20.7. The number of amides is 1. The van der Waals surface area contributed by atoms with Gasteiger partial charge in [-0.1, -0.05) is 12.1 Å². The van der Waals surface area contributed by atoms with Gasteiger partial charge in [-0.3, -0.25) is 9.59 Å². The number of ether oxygens (including phenoxy) is 1. The van der Waals surface area contributed by atoms with E-state index in [2.05, 4.69) is 0 Å². The van der Waals surface area contributed by atoms with E-state index in [4.69, 9.17) is 9.15 Å². The highest BCUT2D eigenvalue weighted by atomic mass is 19.1. The Morgan fingerprint density at radius 2 is 1.86 bits per heavy atom. The molecule has 1 aromatic heterocycles. The third-order valence-electron chi connectivity index (χ3n) is 5.15. The van der Waals surface area contributed by atoms with E-state index in [0.29, 0.717) is 35.4 Å². The van der Waals surface area contributed by atoms with E-state index in [0.717, 1.165) is 0 Å². The van der Waals surface area contributed by atoms with Crippen LogP contribution in [0.2, 0.25) is 0 Å². The van der Waals surface area contributed by atoms with Gasteiger partial charge in [0.1, 0.15) is 17.1 Å². The lowest BCUT2D eigenvalue weighted by atomic mass is 9.98. The number of hydrogen-bond acceptors (Lipinski definition) is 5. The highest BCUT2D eigenvalue weighted by molar-refractivity contribution is 5.99. The SMILES string of the molecule is COc1ccc2c(=O)c3c(oc2c1)C(=O)N(CCN(C)C)[C@H]3c1ccc(F)cc1. The predicted molar refractivity (Wildman–Crippen MR) is 107 cm³/mol. The number of nitrogens with zero attached hydrogens (tertiary/aromatic N) is 2. The molecule has 2 aromatic carbocycles. The summed E-state index contributed by atoms with van der Waals surface area (Å²) in [5, 5.41) is 0.374. The van der Waals surface area contributed by atoms with Crippen LogP contribution in [0.15, 0.2) is 51.7 Å². The van der Waals surface area contributed by atoms with E-state index in [9.17, 15) is 14.0 Å². The van der Waals surface area contributed by atoms with Crippen molar-refractivity contribution in [2.24, 2.45) is 0 Å². The lowest BCUT2D eigenvalue weighted by Crippen LogP contribution is -2.35. The second-order valence-corrected chi connectivity index (χ2v) is 7.29. The molecule has 0 saturated carbocycles. The van der Waals surface area contributed by atoms with Crippen LogP contribution in [-0.4, -0.2) is 50.0 Å². The van der Waals surface area contributed by atoms with E-state index in [1.165, 1.54) is 19.2 Å². The first-order valence-corrected chi connectivity index (χ1v) is 9.26. The van der Waals surface area contributed by atoms with Crippen LogP contribution >= 0.6 is 0 Å². The third-order valence-corrected chi connectivity index (χ3v) is 5.15. The number of fused-ring (bicyclic) bond motifs is 2. The summed E-state index contributed by atoms with van der Waals surface area (Å²) in [5.41, 5.74) is 0.989. The number of carbonyl (C=O) groups is 1. The van der Waals surface area contributed by atoms with Gasteiger partial charge in [-0.15, -0.1) is 0 Å². The summed E-state index contributed by atoms with van der Waals surface area (Å²) in [6.07, 6.45) is 0. The molecule has 0 aliphatic carbocycles. The van der Waals surface area contributed by atoms with E-state index in [1.54, 1.807) is 35.2 Å². The van der Waals surface area contributed by atoms with Crippen LogP contribution in [0.25, 0.3) is 11.0 Å². The van der Waals surface area contributed by atoms with Gasteiger partial charge < -0.3 is 19.0 Å². The molecule has 0 bridgehead atoms. The van der Waals surface area contributed by atoms with Crippen molar-refractivity contribution >= 4 is 16.9 Å². The fourth-order valence-corrected chi connectivity index (χ4v) is 3.66. The van der Waals surface area contributed by atoms with Crippen molar-refractivity contribution in [3.05, 3.63) is 75.4 Å². The summed E-state index contributed by atoms with van der Waals surface area (Å²) in [5.74, 6) is -0.164. The zero-order valence-corrected chi connectivity index (χ0v) is 16.4. The van der Waals surface area contributed by atoms with Gasteiger partial charge in [0.05, 0.1) is 24.1 Å². The number of hydrogen-bond donors (Lipinski definition) is 0. The molecule has 4 rings (SSSR count). The summed E-state index contributed by atoms with van der Waals surface area (Å²) in [6, 6.07) is 10.1. The molecule has 0 saturated heterocycles. The Kier molecular flexibility index (Phi) is 4.84. The summed E-state index contributed by atoms with van der Waals surface area (Å²) in [4.78, 5) is 30.1. The Morgan fingerprint density at radius 3 is 2.52 bits per heavy atom. The highest BCUT2D eigenvalue weighted by Gasteiger charge is 2.42. The van der Waals surface area contributed by atoms with Gasteiger partial charge in [-0.25, -0.2) is 4.39 Å². The lowest BCUT2D eigenvalue weighted by Gasteiger charge is -2.26. The number of carbonyl (C=O) groups excluding carboxylic acids is 1. The Labute approximate surface area is 167 Å². The van der Waals surface area contributed by atoms with Gasteiger partial charge in [-0.2, -0.15) is 0 Å². The summed E-state index contributed by atoms with van der Waals surface area (Å²) in [6.45, 7) is 1.01. The minimum absolute atomic E-state index is 0.0313. The molecule has 1 atom stereocenters. The topological polar surface area (TPSA) is 63.0 Å². The average molecular weight is 396 g/mol. The van der Waals surface area contributed by atoms with Crippen molar-refractivity contribution in [1.29, 1.82) is 0 Å². The third kappa shape index (κ3) is 3.27. The predicted octanol–water partition coefficient (Wildman–Crippen LogP) is 3.05. The first-order chi connectivity index (χ1) is 13.9. The molecule has 0 N–H and O–H groups in total. The van der Waals surface area contributed by atoms with E-state index in [-0.39, 0.29) is 28.5 Å². The maximum atomic E-state index is 13.5. The van der Waals surface area contributed by atoms with E-state index in [1.807, 2.05) is 19.0 Å². The maximum Gasteiger partial charge on any atom is 0.290 e. The number of methoxy groups -OCH3 is 1. The van der Waals surface area contributed by atoms with Crippen molar-refractivity contribution in [3.63, 3.8) is 0 Å². The lowest BCUT2D eigenvalue weighted by molar-refractivity contribution is 0.0716. The maximum absolute atomic E-state index is 13.5. The minimum atomic E-state index is -0.624. The summed E-state index contributed by atoms with van der Waals surface area (Å²) >= 11 is 0. The molecule has 150 valence electrons. The molecule has 1 aliphatic heterocycles. The smallest absolute Gasteiger partial charge is 0.290 e. The van der Waals surface area contributed by atoms with Crippen LogP contribution in [0.5, 0.6) is 5.75 Å². The van der Waals surface area contributed by atoms with Crippen LogP contribution in [0.4, 0.5) is 4.39 Å². The van der Waals surface area contributed by atoms with Gasteiger partial charge in [0.25, 0.3) is 5.91 Å². The molecular formula is C22H21FN2O4. The molecule has 3 aromatic rings. The van der Waals surface area contributed by atoms with Crippen molar-refractivity contribution in [3.8, 4) is 5.75 Å². The van der Waals surface area contributed by atoms with Crippen molar-refractivity contribution < 1.29 is 18.3 Å². The average Bonchev–Trinajstić information content (AvgIpc) is 2.99. The van der Waals surface area contributed by atoms with Gasteiger partial charge in [0.2, 0.25) is 5.76 Å². The van der Waals surface area contributed by atoms with Crippen LogP contribution in [0.3, 0.4) is 0 Å². The molecular weight excluding hydrogens is 375 g/mol. The Morgan fingerprint density at radius 1 is 1.14 bits per heavy atom. The normalized spacial score (nSPS) is 16.0. The standard InChI is InChI=1S/C22H21FN2O4/c1-24(2)10-11-25-19(13-4-6-14(23)7-5-13)18-20(26)16-9-8-15(28-3)12-17(16)29-21(18)22(25)27/h4-9,12,19H,10-11H2,1-3H3/t19-/m0/s1. The van der Waals surface area contributed by atoms with Crippen LogP contribution in [-0.2, 0) is 0 Å². The Bertz CT molecular complexity index is 1140. The molecule has 0 radical (unpaired) electrons. The molecule has 29 heavy (non-hydrogen) atoms. The number of likely N-dealkylation sites (N-methyl/N-ethyl adjacent to an activating group) is 1. The first kappa shape index (κ1) is 19.1. The van der Waals surface area contributed by atoms with Crippen molar-refractivity contribution in [1.82, 2.24) is 9.80 Å². The zero-order valence-electron chi connectivity index (χ0n) is 16.4. The van der Waals surface area contributed by atoms with Gasteiger partial charge in [0.15, 0.2) is 5.43 Å². The fourth-order valence-electron chi connectivity index (χ4n) is 3.66. The molecule has 0 fully saturated rings. The van der Waals surface area contributed by atoms with Crippen LogP contribution in [0.1, 0.15) is 27.7 Å². The van der Waals surface area contributed by atoms with Crippen molar-refractivity contribution in [2.45, 2.75) is 6.04 Å². The minimum Gasteiger partial charge on any atom is -0.497 e. The van der Waals surface area contributed by atoms with E-state index >= 15 is 0 Å². The van der Waals surface area contributed by atoms with E-state index < -0.39 is 6.04 Å². The molecule has 1 amide bonds. The largest absolute Gasteiger partial charge is 0.497 e. The summed E-state index contributed by atoms with van der Waals surface area (Å²) in [7, 11) is 5.33. The highest BCUT2D eigenvalue weighted by Crippen LogP contribution is 2.38. The second kappa shape index (κ2) is 7.33. The monoisotopic (exact) mass is 396 g/mol. The Hall–Kier alpha value is -3.19. The number of rotatable bonds is 5. The first-order valence-electron chi connectivity index (χ1n) is 9.26. The quantitative estimate of drug-likeness (QED) is 0.663. The molecule has 1 aliphatic rings. The molecule has 2 heterocycles. The molecule has 6 nitrogen and oxygen atoms in total. The fraction of sp³-hybridized carbons (Fsp3) is 0.273.